The predicted octanol–water partition coefficient (Wildman–Crippen LogP) is 4.11. The van der Waals surface area contributed by atoms with Crippen molar-refractivity contribution < 1.29 is 42.9 Å². The molecule has 3 aliphatic carbocycles. The fourth-order valence-electron chi connectivity index (χ4n) is 8.57. The minimum atomic E-state index is -1.64. The van der Waals surface area contributed by atoms with Crippen molar-refractivity contribution in [2.24, 2.45) is 39.9 Å². The molecule has 216 valence electrons. The zero-order valence-electron chi connectivity index (χ0n) is 23.9. The van der Waals surface area contributed by atoms with E-state index in [9.17, 15) is 24.3 Å². The number of hydrogen-bond donors (Lipinski definition) is 1. The van der Waals surface area contributed by atoms with Gasteiger partial charge >= 0.3 is 17.9 Å². The van der Waals surface area contributed by atoms with Crippen molar-refractivity contribution in [3.05, 3.63) is 48.0 Å². The molecule has 1 aliphatic heterocycles. The van der Waals surface area contributed by atoms with Crippen LogP contribution in [0.4, 0.5) is 0 Å². The molecule has 4 aliphatic rings. The summed E-state index contributed by atoms with van der Waals surface area (Å²) in [7, 11) is 1.19. The first kappa shape index (κ1) is 28.3. The van der Waals surface area contributed by atoms with Crippen molar-refractivity contribution in [3.63, 3.8) is 0 Å². The molecule has 1 aromatic rings. The average Bonchev–Trinajstić information content (AvgIpc) is 3.42. The Morgan fingerprint density at radius 3 is 2.48 bits per heavy atom. The van der Waals surface area contributed by atoms with Gasteiger partial charge in [0.2, 0.25) is 0 Å². The number of ether oxygens (including phenoxy) is 3. The van der Waals surface area contributed by atoms with Crippen LogP contribution in [-0.4, -0.2) is 48.1 Å². The van der Waals surface area contributed by atoms with Gasteiger partial charge < -0.3 is 23.7 Å². The van der Waals surface area contributed by atoms with E-state index in [1.807, 2.05) is 26.8 Å². The monoisotopic (exact) mass is 554 g/mol. The van der Waals surface area contributed by atoms with Crippen LogP contribution >= 0.6 is 0 Å². The number of rotatable bonds is 5. The largest absolute Gasteiger partial charge is 0.472 e. The van der Waals surface area contributed by atoms with Crippen LogP contribution in [0, 0.1) is 39.9 Å². The Balaban J connectivity index is 1.69. The molecule has 9 atom stereocenters. The summed E-state index contributed by atoms with van der Waals surface area (Å²) in [6.07, 6.45) is 3.25. The van der Waals surface area contributed by atoms with Crippen LogP contribution in [0.2, 0.25) is 0 Å². The maximum Gasteiger partial charge on any atom is 0.335 e. The van der Waals surface area contributed by atoms with Crippen LogP contribution in [0.15, 0.2) is 46.8 Å². The molecule has 0 radical (unpaired) electrons. The molecule has 0 amide bonds. The van der Waals surface area contributed by atoms with Gasteiger partial charge in [0.1, 0.15) is 18.0 Å². The van der Waals surface area contributed by atoms with E-state index in [1.54, 1.807) is 18.6 Å². The van der Waals surface area contributed by atoms with Gasteiger partial charge in [0, 0.05) is 33.3 Å². The summed E-state index contributed by atoms with van der Waals surface area (Å²) in [6, 6.07) is 1.80. The molecule has 0 unspecified atom stereocenters. The summed E-state index contributed by atoms with van der Waals surface area (Å²) < 4.78 is 22.1. The van der Waals surface area contributed by atoms with E-state index in [4.69, 9.17) is 18.6 Å². The van der Waals surface area contributed by atoms with Crippen LogP contribution in [0.1, 0.15) is 65.5 Å². The van der Waals surface area contributed by atoms with Gasteiger partial charge in [-0.15, -0.1) is 0 Å². The van der Waals surface area contributed by atoms with E-state index in [-0.39, 0.29) is 35.6 Å². The molecule has 0 aromatic carbocycles. The predicted molar refractivity (Wildman–Crippen MR) is 141 cm³/mol. The maximum absolute atomic E-state index is 14.4. The second-order valence-electron chi connectivity index (χ2n) is 13.0. The Labute approximate surface area is 233 Å². The number of methoxy groups -OCH3 is 1. The van der Waals surface area contributed by atoms with Gasteiger partial charge in [-0.05, 0) is 37.7 Å². The summed E-state index contributed by atoms with van der Waals surface area (Å²) in [4.78, 5) is 53.0. The van der Waals surface area contributed by atoms with Gasteiger partial charge in [-0.25, -0.2) is 9.59 Å². The third-order valence-corrected chi connectivity index (χ3v) is 10.4. The van der Waals surface area contributed by atoms with Crippen molar-refractivity contribution in [1.82, 2.24) is 0 Å². The summed E-state index contributed by atoms with van der Waals surface area (Å²) >= 11 is 0. The van der Waals surface area contributed by atoms with Crippen LogP contribution < -0.4 is 0 Å². The first-order valence-electron chi connectivity index (χ1n) is 13.8. The van der Waals surface area contributed by atoms with Crippen molar-refractivity contribution in [3.8, 4) is 0 Å². The van der Waals surface area contributed by atoms with Gasteiger partial charge in [0.05, 0.1) is 32.0 Å². The number of cyclic esters (lactones) is 1. The number of esters is 3. The molecule has 0 spiro atoms. The number of ketones is 1. The Kier molecular flexibility index (Phi) is 6.68. The number of carbonyl (C=O) groups excluding carboxylic acids is 4. The Bertz CT molecular complexity index is 1290. The smallest absolute Gasteiger partial charge is 0.335 e. The number of fused-ring (bicyclic) bond motifs is 6. The highest BCUT2D eigenvalue weighted by molar-refractivity contribution is 5.95. The van der Waals surface area contributed by atoms with E-state index < -0.39 is 58.3 Å². The highest BCUT2D eigenvalue weighted by Crippen LogP contribution is 2.68. The van der Waals surface area contributed by atoms with Gasteiger partial charge in [-0.3, -0.25) is 9.59 Å². The van der Waals surface area contributed by atoms with Crippen LogP contribution in [0.25, 0.3) is 0 Å². The van der Waals surface area contributed by atoms with E-state index in [1.165, 1.54) is 14.0 Å². The normalized spacial score (nSPS) is 38.6. The lowest BCUT2D eigenvalue weighted by Crippen LogP contribution is -2.69. The van der Waals surface area contributed by atoms with Crippen molar-refractivity contribution >= 4 is 23.7 Å². The quantitative estimate of drug-likeness (QED) is 0.247. The molecule has 1 saturated heterocycles. The molecule has 2 bridgehead atoms. The van der Waals surface area contributed by atoms with Gasteiger partial charge in [0.25, 0.3) is 0 Å². The number of aliphatic hydroxyl groups is 1. The highest BCUT2D eigenvalue weighted by atomic mass is 16.6. The minimum Gasteiger partial charge on any atom is -0.472 e. The topological polar surface area (TPSA) is 129 Å². The van der Waals surface area contributed by atoms with Crippen molar-refractivity contribution in [2.45, 2.75) is 72.2 Å². The molecule has 1 aromatic heterocycles. The number of aliphatic hydroxyl groups excluding tert-OH is 1. The summed E-state index contributed by atoms with van der Waals surface area (Å²) in [5, 5.41) is 11.4. The summed E-state index contributed by atoms with van der Waals surface area (Å²) in [5.74, 6) is -4.42. The SMILES string of the molecule is C=C(C)C(=O)O[C@@H]1[C@@H]2C=C3[C@@H]4CC(=O)O[C@@H](c5ccoc5)[C@]4(C)CC[C@@H]3[C@@](C)(C2=O)[C@@H]([C@@H](O)C(=O)OC)C1(C)C. The molecular weight excluding hydrogens is 516 g/mol. The molecule has 40 heavy (non-hydrogen) atoms. The first-order chi connectivity index (χ1) is 18.7. The zero-order valence-corrected chi connectivity index (χ0v) is 23.9. The Hall–Kier alpha value is -3.20. The average molecular weight is 555 g/mol. The lowest BCUT2D eigenvalue weighted by atomic mass is 9.40. The molecule has 9 heteroatoms. The number of Topliss-reactive ketones (excluding diaryl/α,β-unsaturated/α-hetero) is 1. The lowest BCUT2D eigenvalue weighted by molar-refractivity contribution is -0.208. The Morgan fingerprint density at radius 1 is 1.18 bits per heavy atom. The van der Waals surface area contributed by atoms with Crippen LogP contribution in [0.5, 0.6) is 0 Å². The second kappa shape index (κ2) is 9.43. The van der Waals surface area contributed by atoms with E-state index in [0.29, 0.717) is 12.8 Å². The minimum absolute atomic E-state index is 0.133. The van der Waals surface area contributed by atoms with Crippen molar-refractivity contribution in [2.75, 3.05) is 7.11 Å². The van der Waals surface area contributed by atoms with E-state index >= 15 is 0 Å². The molecule has 5 rings (SSSR count). The third-order valence-electron chi connectivity index (χ3n) is 10.4. The third kappa shape index (κ3) is 3.84. The number of furan rings is 1. The molecule has 9 nitrogen and oxygen atoms in total. The second-order valence-corrected chi connectivity index (χ2v) is 13.0. The zero-order chi connectivity index (χ0) is 29.4. The Morgan fingerprint density at radius 2 is 1.88 bits per heavy atom. The van der Waals surface area contributed by atoms with Crippen molar-refractivity contribution in [1.29, 1.82) is 0 Å². The summed E-state index contributed by atoms with van der Waals surface area (Å²) in [5.41, 5.74) is -0.815. The molecule has 2 saturated carbocycles. The lowest BCUT2D eigenvalue weighted by Gasteiger charge is -2.64. The molecular formula is C31H38O9. The molecule has 1 N–H and O–H groups in total. The van der Waals surface area contributed by atoms with E-state index in [0.717, 1.165) is 11.1 Å². The number of allylic oxidation sites excluding steroid dienone is 1. The van der Waals surface area contributed by atoms with Gasteiger partial charge in [0.15, 0.2) is 6.10 Å². The summed E-state index contributed by atoms with van der Waals surface area (Å²) in [6.45, 7) is 12.8. The maximum atomic E-state index is 14.4. The fourth-order valence-corrected chi connectivity index (χ4v) is 8.57. The molecule has 3 fully saturated rings. The number of hydrogen-bond acceptors (Lipinski definition) is 9. The van der Waals surface area contributed by atoms with E-state index in [2.05, 4.69) is 13.5 Å². The number of carbonyl (C=O) groups is 4. The standard InChI is InChI=1S/C31H38O9/c1-15(2)27(35)40-26-18-12-17-19(31(6,24(18)34)23(29(26,3)4)22(33)28(36)37-7)8-10-30(5)20(17)13-21(32)39-25(30)16-9-11-38-14-16/h9,11-12,14,18-20,22-23,25-26,33H,1,8,10,13H2,2-7H3/t18-,19+,20+,22-,23+,25+,26-,30-,31-/m1/s1. The first-order valence-corrected chi connectivity index (χ1v) is 13.8. The molecule has 2 heterocycles. The van der Waals surface area contributed by atoms with Crippen LogP contribution in [0.3, 0.4) is 0 Å². The van der Waals surface area contributed by atoms with Gasteiger partial charge in [-0.1, -0.05) is 45.9 Å². The van der Waals surface area contributed by atoms with Crippen LogP contribution in [-0.2, 0) is 33.4 Å². The van der Waals surface area contributed by atoms with Gasteiger partial charge in [-0.2, -0.15) is 0 Å². The highest BCUT2D eigenvalue weighted by Gasteiger charge is 2.70. The fraction of sp³-hybridized carbons (Fsp3) is 0.613.